The first-order chi connectivity index (χ1) is 10.2. The van der Waals surface area contributed by atoms with Crippen molar-refractivity contribution in [2.24, 2.45) is 5.92 Å². The number of rotatable bonds is 2. The number of Topliss-reactive ketones (excluding diaryl/α,β-unsaturated/α-hetero) is 1. The molecule has 0 radical (unpaired) electrons. The fraction of sp³-hybridized carbons (Fsp3) is 0.529. The number of nitrogens with one attached hydrogen (secondary N) is 1. The van der Waals surface area contributed by atoms with Gasteiger partial charge in [-0.15, -0.1) is 11.8 Å². The molecule has 112 valence electrons. The van der Waals surface area contributed by atoms with Gasteiger partial charge < -0.3 is 5.32 Å². The summed E-state index contributed by atoms with van der Waals surface area (Å²) in [5.74, 6) is 1.45. The highest BCUT2D eigenvalue weighted by Gasteiger charge is 2.27. The fourth-order valence-corrected chi connectivity index (χ4v) is 4.39. The van der Waals surface area contributed by atoms with Crippen LogP contribution in [0.5, 0.6) is 0 Å². The molecule has 2 aliphatic rings. The summed E-state index contributed by atoms with van der Waals surface area (Å²) in [5.41, 5.74) is 1.39. The number of hydrogen-bond donors (Lipinski definition) is 1. The van der Waals surface area contributed by atoms with Crippen LogP contribution in [0.15, 0.2) is 23.1 Å². The van der Waals surface area contributed by atoms with Crippen LogP contribution in [0.4, 0.5) is 0 Å². The summed E-state index contributed by atoms with van der Waals surface area (Å²) in [4.78, 5) is 25.4. The molecule has 1 amide bonds. The maximum absolute atomic E-state index is 12.6. The second kappa shape index (κ2) is 6.22. The summed E-state index contributed by atoms with van der Waals surface area (Å²) >= 11 is 1.63. The van der Waals surface area contributed by atoms with Gasteiger partial charge in [0.1, 0.15) is 0 Å². The number of hydrogen-bond acceptors (Lipinski definition) is 3. The largest absolute Gasteiger partial charge is 0.349 e. The van der Waals surface area contributed by atoms with Gasteiger partial charge >= 0.3 is 0 Å². The van der Waals surface area contributed by atoms with Gasteiger partial charge in [-0.05, 0) is 24.8 Å². The van der Waals surface area contributed by atoms with Crippen LogP contribution in [0, 0.1) is 5.92 Å². The Hall–Kier alpha value is -1.29. The van der Waals surface area contributed by atoms with Crippen LogP contribution < -0.4 is 5.32 Å². The number of amides is 1. The summed E-state index contributed by atoms with van der Waals surface area (Å²) in [6.07, 6.45) is 5.27. The minimum absolute atomic E-state index is 0.0206. The van der Waals surface area contributed by atoms with E-state index in [4.69, 9.17) is 0 Å². The molecule has 0 unspecified atom stereocenters. The van der Waals surface area contributed by atoms with E-state index in [2.05, 4.69) is 12.2 Å². The predicted molar refractivity (Wildman–Crippen MR) is 85.0 cm³/mol. The Bertz CT molecular complexity index is 570. The maximum atomic E-state index is 12.6. The van der Waals surface area contributed by atoms with Crippen LogP contribution in [-0.2, 0) is 0 Å². The second-order valence-electron chi connectivity index (χ2n) is 6.05. The minimum Gasteiger partial charge on any atom is -0.349 e. The van der Waals surface area contributed by atoms with Gasteiger partial charge in [-0.2, -0.15) is 0 Å². The Morgan fingerprint density at radius 3 is 2.90 bits per heavy atom. The van der Waals surface area contributed by atoms with Crippen molar-refractivity contribution < 1.29 is 9.59 Å². The third-order valence-electron chi connectivity index (χ3n) is 4.56. The molecule has 4 heteroatoms. The number of carbonyl (C=O) groups is 2. The third kappa shape index (κ3) is 3.00. The Labute approximate surface area is 129 Å². The molecule has 1 saturated carbocycles. The van der Waals surface area contributed by atoms with Gasteiger partial charge in [-0.25, -0.2) is 0 Å². The molecule has 1 heterocycles. The van der Waals surface area contributed by atoms with Crippen LogP contribution in [-0.4, -0.2) is 23.5 Å². The molecule has 0 saturated heterocycles. The van der Waals surface area contributed by atoms with E-state index in [0.29, 0.717) is 17.9 Å². The zero-order valence-corrected chi connectivity index (χ0v) is 13.2. The third-order valence-corrected chi connectivity index (χ3v) is 5.70. The SMILES string of the molecule is C[C@@H]1CCCC[C@@H]1NC(=O)c1cccc2c1SCCC2=O. The topological polar surface area (TPSA) is 46.2 Å². The van der Waals surface area contributed by atoms with Gasteiger partial charge in [0, 0.05) is 28.7 Å². The maximum Gasteiger partial charge on any atom is 0.252 e. The molecule has 2 atom stereocenters. The number of thioether (sulfide) groups is 1. The van der Waals surface area contributed by atoms with E-state index in [1.807, 2.05) is 18.2 Å². The van der Waals surface area contributed by atoms with E-state index in [1.54, 1.807) is 11.8 Å². The van der Waals surface area contributed by atoms with Crippen molar-refractivity contribution in [1.82, 2.24) is 5.32 Å². The van der Waals surface area contributed by atoms with E-state index in [0.717, 1.165) is 22.6 Å². The van der Waals surface area contributed by atoms with E-state index < -0.39 is 0 Å². The molecule has 3 rings (SSSR count). The fourth-order valence-electron chi connectivity index (χ4n) is 3.25. The molecule has 21 heavy (non-hydrogen) atoms. The van der Waals surface area contributed by atoms with Gasteiger partial charge in [0.15, 0.2) is 5.78 Å². The molecule has 1 aliphatic carbocycles. The zero-order chi connectivity index (χ0) is 14.8. The summed E-state index contributed by atoms with van der Waals surface area (Å²) in [7, 11) is 0. The molecule has 1 aliphatic heterocycles. The number of ketones is 1. The molecule has 1 aromatic rings. The van der Waals surface area contributed by atoms with Crippen molar-refractivity contribution in [3.8, 4) is 0 Å². The van der Waals surface area contributed by atoms with Crippen LogP contribution in [0.3, 0.4) is 0 Å². The lowest BCUT2D eigenvalue weighted by Gasteiger charge is -2.30. The highest BCUT2D eigenvalue weighted by Crippen LogP contribution is 2.33. The van der Waals surface area contributed by atoms with Gasteiger partial charge in [0.05, 0.1) is 5.56 Å². The minimum atomic E-state index is -0.0206. The monoisotopic (exact) mass is 303 g/mol. The number of carbonyl (C=O) groups excluding carboxylic acids is 2. The van der Waals surface area contributed by atoms with Crippen LogP contribution in [0.2, 0.25) is 0 Å². The molecule has 0 spiro atoms. The van der Waals surface area contributed by atoms with Crippen molar-refractivity contribution in [2.45, 2.75) is 50.0 Å². The first kappa shape index (κ1) is 14.6. The highest BCUT2D eigenvalue weighted by atomic mass is 32.2. The van der Waals surface area contributed by atoms with Gasteiger partial charge in [0.2, 0.25) is 0 Å². The molecule has 0 aromatic heterocycles. The molecule has 0 bridgehead atoms. The quantitative estimate of drug-likeness (QED) is 0.906. The van der Waals surface area contributed by atoms with E-state index in [9.17, 15) is 9.59 Å². The summed E-state index contributed by atoms with van der Waals surface area (Å²) in [6, 6.07) is 5.77. The number of fused-ring (bicyclic) bond motifs is 1. The van der Waals surface area contributed by atoms with E-state index >= 15 is 0 Å². The highest BCUT2D eigenvalue weighted by molar-refractivity contribution is 7.99. The molecule has 1 aromatic carbocycles. The van der Waals surface area contributed by atoms with Gasteiger partial charge in [-0.1, -0.05) is 31.9 Å². The lowest BCUT2D eigenvalue weighted by Crippen LogP contribution is -2.41. The molecule has 3 nitrogen and oxygen atoms in total. The standard InChI is InChI=1S/C17H21NO2S/c1-11-5-2-3-8-14(11)18-17(20)13-7-4-6-12-15(19)9-10-21-16(12)13/h4,6-7,11,14H,2-3,5,8-10H2,1H3,(H,18,20)/t11-,14+/m1/s1. The van der Waals surface area contributed by atoms with E-state index in [-0.39, 0.29) is 17.7 Å². The Morgan fingerprint density at radius 1 is 1.29 bits per heavy atom. The molecular formula is C17H21NO2S. The van der Waals surface area contributed by atoms with Crippen molar-refractivity contribution >= 4 is 23.5 Å². The average Bonchev–Trinajstić information content (AvgIpc) is 2.49. The molecular weight excluding hydrogens is 282 g/mol. The van der Waals surface area contributed by atoms with Crippen LogP contribution in [0.25, 0.3) is 0 Å². The zero-order valence-electron chi connectivity index (χ0n) is 12.4. The Morgan fingerprint density at radius 2 is 2.10 bits per heavy atom. The summed E-state index contributed by atoms with van der Waals surface area (Å²) in [6.45, 7) is 2.21. The van der Waals surface area contributed by atoms with Gasteiger partial charge in [-0.3, -0.25) is 9.59 Å². The van der Waals surface area contributed by atoms with E-state index in [1.165, 1.54) is 19.3 Å². The number of benzene rings is 1. The van der Waals surface area contributed by atoms with Gasteiger partial charge in [0.25, 0.3) is 5.91 Å². The van der Waals surface area contributed by atoms with Crippen molar-refractivity contribution in [1.29, 1.82) is 0 Å². The smallest absolute Gasteiger partial charge is 0.252 e. The van der Waals surface area contributed by atoms with Crippen LogP contribution >= 0.6 is 11.8 Å². The first-order valence-corrected chi connectivity index (χ1v) is 8.75. The summed E-state index contributed by atoms with van der Waals surface area (Å²) < 4.78 is 0. The predicted octanol–water partition coefficient (Wildman–Crippen LogP) is 3.67. The molecule has 1 N–H and O–H groups in total. The second-order valence-corrected chi connectivity index (χ2v) is 7.15. The summed E-state index contributed by atoms with van der Waals surface area (Å²) in [5, 5.41) is 3.19. The first-order valence-electron chi connectivity index (χ1n) is 7.76. The lowest BCUT2D eigenvalue weighted by molar-refractivity contribution is 0.0907. The average molecular weight is 303 g/mol. The Kier molecular flexibility index (Phi) is 4.34. The Balaban J connectivity index is 1.82. The normalized spacial score (nSPS) is 25.3. The lowest BCUT2D eigenvalue weighted by atomic mass is 9.86. The van der Waals surface area contributed by atoms with Crippen molar-refractivity contribution in [3.63, 3.8) is 0 Å². The van der Waals surface area contributed by atoms with Crippen LogP contribution in [0.1, 0.15) is 59.7 Å². The molecule has 1 fully saturated rings. The van der Waals surface area contributed by atoms with Crippen molar-refractivity contribution in [3.05, 3.63) is 29.3 Å². The van der Waals surface area contributed by atoms with Crippen molar-refractivity contribution in [2.75, 3.05) is 5.75 Å².